The van der Waals surface area contributed by atoms with Crippen LogP contribution in [0.15, 0.2) is 10.9 Å². The monoisotopic (exact) mass is 352 g/mol. The number of thiazole rings is 1. The third kappa shape index (κ3) is 4.12. The SMILES string of the molecule is CC(=O)NC1CCN(C[C@]2(O)CCN(C(=O)c3cscn3)C2)CC1. The minimum atomic E-state index is -0.855. The van der Waals surface area contributed by atoms with E-state index in [0.717, 1.165) is 25.9 Å². The zero-order valence-corrected chi connectivity index (χ0v) is 14.7. The third-order valence-corrected chi connectivity index (χ3v) is 5.37. The van der Waals surface area contributed by atoms with Crippen molar-refractivity contribution in [3.05, 3.63) is 16.6 Å². The predicted octanol–water partition coefficient (Wildman–Crippen LogP) is 0.321. The van der Waals surface area contributed by atoms with E-state index in [1.165, 1.54) is 11.3 Å². The molecule has 2 saturated heterocycles. The standard InChI is InChI=1S/C16H24N4O3S/c1-12(21)18-13-2-5-19(6-3-13)9-16(23)4-7-20(10-16)15(22)14-8-24-11-17-14/h8,11,13,23H,2-7,9-10H2,1H3,(H,18,21)/t16-/m1/s1. The van der Waals surface area contributed by atoms with Crippen LogP contribution in [-0.4, -0.2) is 76.1 Å². The Morgan fingerprint density at radius 3 is 2.79 bits per heavy atom. The summed E-state index contributed by atoms with van der Waals surface area (Å²) in [6.45, 7) is 4.74. The van der Waals surface area contributed by atoms with Gasteiger partial charge in [0.2, 0.25) is 5.91 Å². The van der Waals surface area contributed by atoms with Crippen LogP contribution in [-0.2, 0) is 4.79 Å². The second-order valence-corrected chi connectivity index (χ2v) is 7.54. The molecule has 0 bridgehead atoms. The van der Waals surface area contributed by atoms with Crippen LogP contribution in [0.5, 0.6) is 0 Å². The Morgan fingerprint density at radius 1 is 1.42 bits per heavy atom. The lowest BCUT2D eigenvalue weighted by Crippen LogP contribution is -2.50. The van der Waals surface area contributed by atoms with E-state index in [1.54, 1.807) is 22.7 Å². The van der Waals surface area contributed by atoms with E-state index in [9.17, 15) is 14.7 Å². The van der Waals surface area contributed by atoms with Gasteiger partial charge in [-0.05, 0) is 19.3 Å². The maximum Gasteiger partial charge on any atom is 0.273 e. The van der Waals surface area contributed by atoms with Gasteiger partial charge < -0.3 is 20.2 Å². The molecule has 132 valence electrons. The van der Waals surface area contributed by atoms with Crippen LogP contribution in [0, 0.1) is 0 Å². The molecule has 2 aliphatic rings. The topological polar surface area (TPSA) is 85.8 Å². The molecule has 3 heterocycles. The molecular weight excluding hydrogens is 328 g/mol. The summed E-state index contributed by atoms with van der Waals surface area (Å²) in [5.74, 6) is -0.0874. The number of β-amino-alcohol motifs (C(OH)–C–C–N with tert-alkyl or cyclic N) is 1. The molecule has 8 heteroatoms. The second-order valence-electron chi connectivity index (χ2n) is 6.83. The Hall–Kier alpha value is -1.51. The van der Waals surface area contributed by atoms with Gasteiger partial charge in [-0.1, -0.05) is 0 Å². The van der Waals surface area contributed by atoms with E-state index >= 15 is 0 Å². The molecule has 2 amide bonds. The maximum absolute atomic E-state index is 12.3. The number of piperidine rings is 1. The average Bonchev–Trinajstić information content (AvgIpc) is 3.18. The van der Waals surface area contributed by atoms with Crippen LogP contribution in [0.4, 0.5) is 0 Å². The van der Waals surface area contributed by atoms with Crippen molar-refractivity contribution in [1.29, 1.82) is 0 Å². The van der Waals surface area contributed by atoms with Crippen LogP contribution in [0.25, 0.3) is 0 Å². The Morgan fingerprint density at radius 2 is 2.17 bits per heavy atom. The fourth-order valence-electron chi connectivity index (χ4n) is 3.58. The molecule has 1 aromatic rings. The van der Waals surface area contributed by atoms with Gasteiger partial charge in [0, 0.05) is 44.5 Å². The first-order valence-electron chi connectivity index (χ1n) is 8.34. The number of aromatic nitrogens is 1. The van der Waals surface area contributed by atoms with Gasteiger partial charge >= 0.3 is 0 Å². The number of hydrogen-bond donors (Lipinski definition) is 2. The number of nitrogens with one attached hydrogen (secondary N) is 1. The van der Waals surface area contributed by atoms with Crippen LogP contribution < -0.4 is 5.32 Å². The van der Waals surface area contributed by atoms with Crippen molar-refractivity contribution < 1.29 is 14.7 Å². The van der Waals surface area contributed by atoms with Gasteiger partial charge in [-0.15, -0.1) is 11.3 Å². The molecule has 0 spiro atoms. The van der Waals surface area contributed by atoms with Crippen molar-refractivity contribution in [2.75, 3.05) is 32.7 Å². The highest BCUT2D eigenvalue weighted by molar-refractivity contribution is 7.07. The summed E-state index contributed by atoms with van der Waals surface area (Å²) in [7, 11) is 0. The van der Waals surface area contributed by atoms with E-state index in [1.807, 2.05) is 0 Å². The summed E-state index contributed by atoms with van der Waals surface area (Å²) in [6, 6.07) is 0.236. The van der Waals surface area contributed by atoms with E-state index < -0.39 is 5.60 Å². The number of nitrogens with zero attached hydrogens (tertiary/aromatic N) is 3. The molecule has 2 N–H and O–H groups in total. The van der Waals surface area contributed by atoms with Crippen LogP contribution in [0.2, 0.25) is 0 Å². The summed E-state index contributed by atoms with van der Waals surface area (Å²) in [6.07, 6.45) is 2.39. The highest BCUT2D eigenvalue weighted by Gasteiger charge is 2.40. The molecular formula is C16H24N4O3S. The van der Waals surface area contributed by atoms with Crippen molar-refractivity contribution in [2.45, 2.75) is 37.8 Å². The summed E-state index contributed by atoms with van der Waals surface area (Å²) in [5.41, 5.74) is 1.25. The number of amides is 2. The van der Waals surface area contributed by atoms with Gasteiger partial charge in [-0.3, -0.25) is 9.59 Å². The zero-order valence-electron chi connectivity index (χ0n) is 13.9. The summed E-state index contributed by atoms with van der Waals surface area (Å²) < 4.78 is 0. The van der Waals surface area contributed by atoms with Gasteiger partial charge in [-0.25, -0.2) is 4.98 Å². The van der Waals surface area contributed by atoms with Crippen LogP contribution in [0.1, 0.15) is 36.7 Å². The second kappa shape index (κ2) is 7.16. The lowest BCUT2D eigenvalue weighted by molar-refractivity contribution is -0.120. The number of likely N-dealkylation sites (tertiary alicyclic amines) is 2. The quantitative estimate of drug-likeness (QED) is 0.815. The Bertz CT molecular complexity index is 586. The van der Waals surface area contributed by atoms with Crippen molar-refractivity contribution in [3.8, 4) is 0 Å². The van der Waals surface area contributed by atoms with E-state index in [4.69, 9.17) is 0 Å². The smallest absolute Gasteiger partial charge is 0.273 e. The molecule has 0 saturated carbocycles. The van der Waals surface area contributed by atoms with Gasteiger partial charge in [0.1, 0.15) is 5.69 Å². The Balaban J connectivity index is 1.49. The highest BCUT2D eigenvalue weighted by atomic mass is 32.1. The molecule has 0 radical (unpaired) electrons. The van der Waals surface area contributed by atoms with Gasteiger partial charge in [0.05, 0.1) is 17.7 Å². The normalized spacial score (nSPS) is 25.8. The van der Waals surface area contributed by atoms with E-state index in [0.29, 0.717) is 31.7 Å². The first-order valence-corrected chi connectivity index (χ1v) is 9.29. The Kier molecular flexibility index (Phi) is 5.17. The largest absolute Gasteiger partial charge is 0.387 e. The molecule has 2 fully saturated rings. The average molecular weight is 352 g/mol. The van der Waals surface area contributed by atoms with Gasteiger partial charge in [0.25, 0.3) is 5.91 Å². The number of carbonyl (C=O) groups excluding carboxylic acids is 2. The number of hydrogen-bond acceptors (Lipinski definition) is 6. The lowest BCUT2D eigenvalue weighted by Gasteiger charge is -2.36. The van der Waals surface area contributed by atoms with Crippen molar-refractivity contribution in [1.82, 2.24) is 20.1 Å². The first-order chi connectivity index (χ1) is 11.5. The third-order valence-electron chi connectivity index (χ3n) is 4.78. The van der Waals surface area contributed by atoms with Gasteiger partial charge in [-0.2, -0.15) is 0 Å². The maximum atomic E-state index is 12.3. The molecule has 7 nitrogen and oxygen atoms in total. The predicted molar refractivity (Wildman–Crippen MR) is 90.9 cm³/mol. The fourth-order valence-corrected chi connectivity index (χ4v) is 4.10. The molecule has 3 rings (SSSR count). The number of rotatable bonds is 4. The van der Waals surface area contributed by atoms with Crippen LogP contribution >= 0.6 is 11.3 Å². The van der Waals surface area contributed by atoms with E-state index in [2.05, 4.69) is 15.2 Å². The lowest BCUT2D eigenvalue weighted by atomic mass is 9.99. The first kappa shape index (κ1) is 17.3. The van der Waals surface area contributed by atoms with Crippen molar-refractivity contribution >= 4 is 23.2 Å². The molecule has 1 atom stereocenters. The summed E-state index contributed by atoms with van der Waals surface area (Å²) in [4.78, 5) is 31.4. The Labute approximate surface area is 145 Å². The highest BCUT2D eigenvalue weighted by Crippen LogP contribution is 2.25. The summed E-state index contributed by atoms with van der Waals surface area (Å²) >= 11 is 1.40. The minimum Gasteiger partial charge on any atom is -0.387 e. The van der Waals surface area contributed by atoms with Crippen LogP contribution in [0.3, 0.4) is 0 Å². The molecule has 0 unspecified atom stereocenters. The molecule has 24 heavy (non-hydrogen) atoms. The minimum absolute atomic E-state index is 0.0130. The zero-order chi connectivity index (χ0) is 17.2. The van der Waals surface area contributed by atoms with Crippen molar-refractivity contribution in [2.24, 2.45) is 0 Å². The molecule has 2 aliphatic heterocycles. The van der Waals surface area contributed by atoms with Crippen molar-refractivity contribution in [3.63, 3.8) is 0 Å². The number of aliphatic hydroxyl groups is 1. The van der Waals surface area contributed by atoms with Gasteiger partial charge in [0.15, 0.2) is 0 Å². The summed E-state index contributed by atoms with van der Waals surface area (Å²) in [5, 5.41) is 15.5. The van der Waals surface area contributed by atoms with E-state index in [-0.39, 0.29) is 17.9 Å². The molecule has 0 aromatic carbocycles. The molecule has 1 aromatic heterocycles. The number of carbonyl (C=O) groups is 2. The fraction of sp³-hybridized carbons (Fsp3) is 0.688. The molecule has 0 aliphatic carbocycles.